The first kappa shape index (κ1) is 17.3. The van der Waals surface area contributed by atoms with E-state index in [1.807, 2.05) is 0 Å². The van der Waals surface area contributed by atoms with Gasteiger partial charge in [0.25, 0.3) is 0 Å². The Labute approximate surface area is 121 Å². The molecule has 0 aliphatic heterocycles. The summed E-state index contributed by atoms with van der Waals surface area (Å²) >= 11 is 0. The highest BCUT2D eigenvalue weighted by atomic mass is 19.4. The highest BCUT2D eigenvalue weighted by molar-refractivity contribution is 5.90. The van der Waals surface area contributed by atoms with E-state index in [0.717, 1.165) is 0 Å². The van der Waals surface area contributed by atoms with Gasteiger partial charge in [0.1, 0.15) is 11.3 Å². The lowest BCUT2D eigenvalue weighted by molar-refractivity contribution is -0.137. The molecule has 118 valence electrons. The fraction of sp³-hybridized carbons (Fsp3) is 0.500. The summed E-state index contributed by atoms with van der Waals surface area (Å²) in [6, 6.07) is 6.25. The van der Waals surface area contributed by atoms with E-state index in [-0.39, 0.29) is 24.5 Å². The van der Waals surface area contributed by atoms with Crippen LogP contribution in [-0.2, 0) is 0 Å². The fourth-order valence-electron chi connectivity index (χ4n) is 1.72. The Kier molecular flexibility index (Phi) is 6.48. The molecule has 0 saturated carbocycles. The number of alkyl halides is 3. The molecular weight excluding hydrogens is 287 g/mol. The number of ether oxygens (including phenoxy) is 1. The van der Waals surface area contributed by atoms with Crippen LogP contribution in [0.3, 0.4) is 0 Å². The second kappa shape index (κ2) is 7.87. The summed E-state index contributed by atoms with van der Waals surface area (Å²) in [5, 5.41) is 8.96. The van der Waals surface area contributed by atoms with Gasteiger partial charge in [-0.1, -0.05) is 12.1 Å². The molecule has 0 aliphatic carbocycles. The van der Waals surface area contributed by atoms with Gasteiger partial charge in [-0.05, 0) is 25.6 Å². The molecule has 0 heterocycles. The molecular formula is C14H18F3NO3. The first-order valence-corrected chi connectivity index (χ1v) is 6.50. The van der Waals surface area contributed by atoms with Crippen LogP contribution >= 0.6 is 0 Å². The first-order chi connectivity index (χ1) is 9.79. The van der Waals surface area contributed by atoms with E-state index in [0.29, 0.717) is 13.0 Å². The van der Waals surface area contributed by atoms with Gasteiger partial charge < -0.3 is 14.7 Å². The minimum Gasteiger partial charge on any atom is -0.493 e. The summed E-state index contributed by atoms with van der Waals surface area (Å²) in [5.74, 6) is -0.809. The Morgan fingerprint density at radius 1 is 1.29 bits per heavy atom. The van der Waals surface area contributed by atoms with Gasteiger partial charge in [-0.3, -0.25) is 0 Å². The van der Waals surface area contributed by atoms with E-state index in [4.69, 9.17) is 9.84 Å². The highest BCUT2D eigenvalue weighted by Crippen LogP contribution is 2.20. The molecule has 0 spiro atoms. The van der Waals surface area contributed by atoms with Crippen LogP contribution < -0.4 is 4.74 Å². The topological polar surface area (TPSA) is 49.8 Å². The predicted octanol–water partition coefficient (Wildman–Crippen LogP) is 3.04. The van der Waals surface area contributed by atoms with Crippen molar-refractivity contribution in [3.63, 3.8) is 0 Å². The molecule has 1 aromatic carbocycles. The van der Waals surface area contributed by atoms with Gasteiger partial charge in [0.05, 0.1) is 13.0 Å². The molecule has 0 fully saturated rings. The fourth-order valence-corrected chi connectivity index (χ4v) is 1.72. The number of carboxylic acid groups (broad SMARTS) is 1. The van der Waals surface area contributed by atoms with E-state index in [1.54, 1.807) is 30.1 Å². The summed E-state index contributed by atoms with van der Waals surface area (Å²) in [4.78, 5) is 12.5. The molecule has 0 amide bonds. The molecule has 1 aromatic rings. The molecule has 0 radical (unpaired) electrons. The van der Waals surface area contributed by atoms with Gasteiger partial charge >= 0.3 is 12.1 Å². The Balaban J connectivity index is 2.30. The average molecular weight is 305 g/mol. The van der Waals surface area contributed by atoms with Crippen molar-refractivity contribution >= 4 is 5.97 Å². The number of hydrogen-bond donors (Lipinski definition) is 1. The lowest BCUT2D eigenvalue weighted by Crippen LogP contribution is -2.26. The Morgan fingerprint density at radius 2 is 1.95 bits per heavy atom. The smallest absolute Gasteiger partial charge is 0.390 e. The SMILES string of the molecule is CN(CCCOc1ccccc1C(=O)O)CCC(F)(F)F. The molecule has 0 bridgehead atoms. The number of carboxylic acids is 1. The van der Waals surface area contributed by atoms with Crippen LogP contribution in [0.1, 0.15) is 23.2 Å². The maximum Gasteiger partial charge on any atom is 0.390 e. The van der Waals surface area contributed by atoms with Gasteiger partial charge in [0.2, 0.25) is 0 Å². The molecule has 0 aromatic heterocycles. The first-order valence-electron chi connectivity index (χ1n) is 6.50. The van der Waals surface area contributed by atoms with Gasteiger partial charge in [-0.25, -0.2) is 4.79 Å². The summed E-state index contributed by atoms with van der Waals surface area (Å²) in [7, 11) is 1.61. The maximum absolute atomic E-state index is 12.0. The molecule has 7 heteroatoms. The number of benzene rings is 1. The molecule has 4 nitrogen and oxygen atoms in total. The van der Waals surface area contributed by atoms with Crippen LogP contribution in [0.4, 0.5) is 13.2 Å². The second-order valence-electron chi connectivity index (χ2n) is 4.67. The normalized spacial score (nSPS) is 11.7. The van der Waals surface area contributed by atoms with Crippen molar-refractivity contribution < 1.29 is 27.8 Å². The number of para-hydroxylation sites is 1. The molecule has 0 aliphatic rings. The third-order valence-corrected chi connectivity index (χ3v) is 2.84. The van der Waals surface area contributed by atoms with Crippen molar-refractivity contribution in [1.82, 2.24) is 4.90 Å². The Bertz CT molecular complexity index is 463. The lowest BCUT2D eigenvalue weighted by atomic mass is 10.2. The Morgan fingerprint density at radius 3 is 2.57 bits per heavy atom. The number of hydrogen-bond acceptors (Lipinski definition) is 3. The zero-order valence-electron chi connectivity index (χ0n) is 11.7. The second-order valence-corrected chi connectivity index (χ2v) is 4.67. The van der Waals surface area contributed by atoms with E-state index in [2.05, 4.69) is 0 Å². The van der Waals surface area contributed by atoms with Gasteiger partial charge in [0, 0.05) is 13.1 Å². The van der Waals surface area contributed by atoms with Crippen molar-refractivity contribution in [2.45, 2.75) is 19.0 Å². The highest BCUT2D eigenvalue weighted by Gasteiger charge is 2.26. The quantitative estimate of drug-likeness (QED) is 0.750. The van der Waals surface area contributed by atoms with Crippen molar-refractivity contribution in [2.24, 2.45) is 0 Å². The zero-order valence-corrected chi connectivity index (χ0v) is 11.7. The number of aromatic carboxylic acids is 1. The standard InChI is InChI=1S/C14H18F3NO3/c1-18(9-7-14(15,16)17)8-4-10-21-12-6-3-2-5-11(12)13(19)20/h2-3,5-6H,4,7-10H2,1H3,(H,19,20). The van der Waals surface area contributed by atoms with Gasteiger partial charge in [-0.15, -0.1) is 0 Å². The van der Waals surface area contributed by atoms with Crippen molar-refractivity contribution in [2.75, 3.05) is 26.7 Å². The zero-order chi connectivity index (χ0) is 15.9. The molecule has 21 heavy (non-hydrogen) atoms. The van der Waals surface area contributed by atoms with Crippen LogP contribution in [0.2, 0.25) is 0 Å². The number of carbonyl (C=O) groups is 1. The predicted molar refractivity (Wildman–Crippen MR) is 71.7 cm³/mol. The van der Waals surface area contributed by atoms with Crippen LogP contribution in [0.25, 0.3) is 0 Å². The third kappa shape index (κ3) is 6.99. The number of rotatable bonds is 8. The monoisotopic (exact) mass is 305 g/mol. The van der Waals surface area contributed by atoms with Crippen molar-refractivity contribution in [3.8, 4) is 5.75 Å². The molecule has 0 saturated heterocycles. The largest absolute Gasteiger partial charge is 0.493 e. The molecule has 0 atom stereocenters. The summed E-state index contributed by atoms with van der Waals surface area (Å²) in [6.45, 7) is 0.640. The van der Waals surface area contributed by atoms with Crippen LogP contribution in [0, 0.1) is 0 Å². The van der Waals surface area contributed by atoms with E-state index in [1.165, 1.54) is 6.07 Å². The van der Waals surface area contributed by atoms with Crippen LogP contribution in [-0.4, -0.2) is 48.9 Å². The minimum absolute atomic E-state index is 0.0603. The van der Waals surface area contributed by atoms with Crippen LogP contribution in [0.15, 0.2) is 24.3 Å². The molecule has 0 unspecified atom stereocenters. The van der Waals surface area contributed by atoms with Crippen molar-refractivity contribution in [1.29, 1.82) is 0 Å². The summed E-state index contributed by atoms with van der Waals surface area (Å²) in [6.07, 6.45) is -4.47. The lowest BCUT2D eigenvalue weighted by Gasteiger charge is -2.17. The summed E-state index contributed by atoms with van der Waals surface area (Å²) in [5.41, 5.74) is 0.0722. The van der Waals surface area contributed by atoms with Crippen molar-refractivity contribution in [3.05, 3.63) is 29.8 Å². The molecule has 1 rings (SSSR count). The summed E-state index contributed by atoms with van der Waals surface area (Å²) < 4.78 is 41.5. The average Bonchev–Trinajstić information content (AvgIpc) is 2.41. The molecule has 1 N–H and O–H groups in total. The van der Waals surface area contributed by atoms with E-state index >= 15 is 0 Å². The van der Waals surface area contributed by atoms with E-state index < -0.39 is 18.6 Å². The van der Waals surface area contributed by atoms with Gasteiger partial charge in [0.15, 0.2) is 0 Å². The Hall–Kier alpha value is -1.76. The maximum atomic E-state index is 12.0. The third-order valence-electron chi connectivity index (χ3n) is 2.84. The minimum atomic E-state index is -4.15. The number of halogens is 3. The van der Waals surface area contributed by atoms with Gasteiger partial charge in [-0.2, -0.15) is 13.2 Å². The van der Waals surface area contributed by atoms with Crippen LogP contribution in [0.5, 0.6) is 5.75 Å². The van der Waals surface area contributed by atoms with E-state index in [9.17, 15) is 18.0 Å². The number of nitrogens with zero attached hydrogens (tertiary/aromatic N) is 1.